The molecule has 0 saturated heterocycles. The molecule has 1 aromatic carbocycles. The summed E-state index contributed by atoms with van der Waals surface area (Å²) in [5, 5.41) is 3.05. The molecule has 19 heavy (non-hydrogen) atoms. The summed E-state index contributed by atoms with van der Waals surface area (Å²) in [5.74, 6) is 0.127. The first-order valence-corrected chi connectivity index (χ1v) is 7.09. The third-order valence-electron chi connectivity index (χ3n) is 2.80. The van der Waals surface area contributed by atoms with Crippen LogP contribution in [0.15, 0.2) is 24.3 Å². The molecule has 0 aliphatic carbocycles. The summed E-state index contributed by atoms with van der Waals surface area (Å²) < 4.78 is 20.2. The highest BCUT2D eigenvalue weighted by Crippen LogP contribution is 2.38. The summed E-state index contributed by atoms with van der Waals surface area (Å²) >= 11 is 13.3. The first-order valence-electron chi connectivity index (χ1n) is 5.52. The molecule has 1 unspecified atom stereocenters. The lowest BCUT2D eigenvalue weighted by Crippen LogP contribution is -2.18. The van der Waals surface area contributed by atoms with Gasteiger partial charge in [0.05, 0.1) is 21.8 Å². The number of halogens is 3. The number of rotatable bonds is 4. The molecule has 0 aliphatic heterocycles. The van der Waals surface area contributed by atoms with Gasteiger partial charge in [-0.15, -0.1) is 11.3 Å². The second kappa shape index (κ2) is 6.09. The predicted octanol–water partition coefficient (Wildman–Crippen LogP) is 4.51. The van der Waals surface area contributed by atoms with E-state index in [2.05, 4.69) is 5.32 Å². The molecule has 102 valence electrons. The van der Waals surface area contributed by atoms with E-state index < -0.39 is 0 Å². The van der Waals surface area contributed by atoms with E-state index in [0.717, 1.165) is 5.56 Å². The Morgan fingerprint density at radius 3 is 2.47 bits per heavy atom. The molecule has 1 heterocycles. The van der Waals surface area contributed by atoms with Gasteiger partial charge in [-0.05, 0) is 19.2 Å². The van der Waals surface area contributed by atoms with Crippen LogP contribution in [0.2, 0.25) is 8.67 Å². The monoisotopic (exact) mass is 319 g/mol. The molecule has 0 spiro atoms. The standard InChI is InChI=1S/C13H12Cl2FNOS/c1-17-12(9-6-11(14)19-13(9)15)8-4-3-7(18-2)5-10(8)16/h3-6,12,17H,1-2H3. The number of benzene rings is 1. The van der Waals surface area contributed by atoms with Crippen LogP contribution in [0.25, 0.3) is 0 Å². The minimum atomic E-state index is -0.350. The van der Waals surface area contributed by atoms with E-state index in [9.17, 15) is 4.39 Å². The highest BCUT2D eigenvalue weighted by molar-refractivity contribution is 7.20. The fourth-order valence-corrected chi connectivity index (χ4v) is 3.43. The van der Waals surface area contributed by atoms with Crippen molar-refractivity contribution in [3.63, 3.8) is 0 Å². The van der Waals surface area contributed by atoms with Crippen LogP contribution < -0.4 is 10.1 Å². The maximum atomic E-state index is 14.1. The van der Waals surface area contributed by atoms with Crippen molar-refractivity contribution in [2.45, 2.75) is 6.04 Å². The van der Waals surface area contributed by atoms with Crippen molar-refractivity contribution in [2.24, 2.45) is 0 Å². The molecule has 2 rings (SSSR count). The molecule has 0 radical (unpaired) electrons. The van der Waals surface area contributed by atoms with Crippen LogP contribution in [0.1, 0.15) is 17.2 Å². The average molecular weight is 320 g/mol. The molecule has 0 fully saturated rings. The van der Waals surface area contributed by atoms with Gasteiger partial charge in [0.15, 0.2) is 0 Å². The van der Waals surface area contributed by atoms with E-state index in [1.54, 1.807) is 25.2 Å². The van der Waals surface area contributed by atoms with Gasteiger partial charge in [0.25, 0.3) is 0 Å². The lowest BCUT2D eigenvalue weighted by atomic mass is 10.0. The zero-order chi connectivity index (χ0) is 14.0. The summed E-state index contributed by atoms with van der Waals surface area (Å²) in [4.78, 5) is 0. The summed E-state index contributed by atoms with van der Waals surface area (Å²) in [5.41, 5.74) is 1.27. The van der Waals surface area contributed by atoms with Crippen molar-refractivity contribution < 1.29 is 9.13 Å². The second-order valence-corrected chi connectivity index (χ2v) is 6.17. The largest absolute Gasteiger partial charge is 0.497 e. The van der Waals surface area contributed by atoms with Gasteiger partial charge in [0, 0.05) is 17.2 Å². The molecule has 2 nitrogen and oxygen atoms in total. The number of hydrogen-bond donors (Lipinski definition) is 1. The van der Waals surface area contributed by atoms with E-state index in [-0.39, 0.29) is 11.9 Å². The molecular formula is C13H12Cl2FNOS. The Morgan fingerprint density at radius 1 is 1.26 bits per heavy atom. The Labute approximate surface area is 125 Å². The Bertz CT molecular complexity index is 588. The maximum Gasteiger partial charge on any atom is 0.132 e. The normalized spacial score (nSPS) is 12.5. The second-order valence-electron chi connectivity index (χ2n) is 3.89. The molecule has 6 heteroatoms. The molecular weight excluding hydrogens is 308 g/mol. The summed E-state index contributed by atoms with van der Waals surface area (Å²) in [6.45, 7) is 0. The maximum absolute atomic E-state index is 14.1. The van der Waals surface area contributed by atoms with Gasteiger partial charge >= 0.3 is 0 Å². The van der Waals surface area contributed by atoms with Gasteiger partial charge in [-0.2, -0.15) is 0 Å². The van der Waals surface area contributed by atoms with Crippen molar-refractivity contribution in [3.8, 4) is 5.75 Å². The first-order chi connectivity index (χ1) is 9.06. The number of nitrogens with one attached hydrogen (secondary N) is 1. The van der Waals surface area contributed by atoms with Crippen LogP contribution in [0.5, 0.6) is 5.75 Å². The summed E-state index contributed by atoms with van der Waals surface area (Å²) in [6, 6.07) is 6.14. The van der Waals surface area contributed by atoms with Crippen LogP contribution in [0.3, 0.4) is 0 Å². The molecule has 1 N–H and O–H groups in total. The zero-order valence-corrected chi connectivity index (χ0v) is 12.7. The number of hydrogen-bond acceptors (Lipinski definition) is 3. The van der Waals surface area contributed by atoms with Crippen molar-refractivity contribution in [3.05, 3.63) is 49.9 Å². The van der Waals surface area contributed by atoms with Gasteiger partial charge in [-0.3, -0.25) is 0 Å². The van der Waals surface area contributed by atoms with Gasteiger partial charge in [-0.1, -0.05) is 29.3 Å². The molecule has 0 bridgehead atoms. The van der Waals surface area contributed by atoms with Gasteiger partial charge in [-0.25, -0.2) is 4.39 Å². The Balaban J connectivity index is 2.45. The van der Waals surface area contributed by atoms with E-state index in [0.29, 0.717) is 20.0 Å². The quantitative estimate of drug-likeness (QED) is 0.895. The van der Waals surface area contributed by atoms with Crippen LogP contribution in [0.4, 0.5) is 4.39 Å². The van der Waals surface area contributed by atoms with Crippen molar-refractivity contribution >= 4 is 34.5 Å². The van der Waals surface area contributed by atoms with Crippen LogP contribution in [-0.2, 0) is 0 Å². The summed E-state index contributed by atoms with van der Waals surface area (Å²) in [6.07, 6.45) is 0. The lowest BCUT2D eigenvalue weighted by molar-refractivity contribution is 0.410. The van der Waals surface area contributed by atoms with Gasteiger partial charge in [0.2, 0.25) is 0 Å². The number of thiophene rings is 1. The summed E-state index contributed by atoms with van der Waals surface area (Å²) in [7, 11) is 3.25. The van der Waals surface area contributed by atoms with Crippen molar-refractivity contribution in [2.75, 3.05) is 14.2 Å². The van der Waals surface area contributed by atoms with E-state index in [4.69, 9.17) is 27.9 Å². The smallest absolute Gasteiger partial charge is 0.132 e. The fourth-order valence-electron chi connectivity index (χ4n) is 1.90. The fraction of sp³-hybridized carbons (Fsp3) is 0.231. The Morgan fingerprint density at radius 2 is 2.00 bits per heavy atom. The third kappa shape index (κ3) is 3.03. The van der Waals surface area contributed by atoms with E-state index in [1.165, 1.54) is 24.5 Å². The molecule has 0 saturated carbocycles. The lowest BCUT2D eigenvalue weighted by Gasteiger charge is -2.17. The van der Waals surface area contributed by atoms with Crippen molar-refractivity contribution in [1.82, 2.24) is 5.32 Å². The van der Waals surface area contributed by atoms with E-state index >= 15 is 0 Å². The van der Waals surface area contributed by atoms with Crippen LogP contribution >= 0.6 is 34.5 Å². The average Bonchev–Trinajstić information content (AvgIpc) is 2.71. The molecule has 2 aromatic rings. The molecule has 0 aliphatic rings. The highest BCUT2D eigenvalue weighted by Gasteiger charge is 2.21. The SMILES string of the molecule is CNC(c1ccc(OC)cc1F)c1cc(Cl)sc1Cl. The van der Waals surface area contributed by atoms with Crippen LogP contribution in [-0.4, -0.2) is 14.2 Å². The zero-order valence-electron chi connectivity index (χ0n) is 10.3. The van der Waals surface area contributed by atoms with Crippen LogP contribution in [0, 0.1) is 5.82 Å². The van der Waals surface area contributed by atoms with Gasteiger partial charge in [0.1, 0.15) is 11.6 Å². The Hall–Kier alpha value is -0.810. The molecule has 1 atom stereocenters. The third-order valence-corrected chi connectivity index (χ3v) is 4.32. The number of methoxy groups -OCH3 is 1. The molecule has 0 amide bonds. The van der Waals surface area contributed by atoms with Gasteiger partial charge < -0.3 is 10.1 Å². The minimum absolute atomic E-state index is 0.345. The highest BCUT2D eigenvalue weighted by atomic mass is 35.5. The van der Waals surface area contributed by atoms with Crippen molar-refractivity contribution in [1.29, 1.82) is 0 Å². The van der Waals surface area contributed by atoms with E-state index in [1.807, 2.05) is 0 Å². The Kier molecular flexibility index (Phi) is 4.68. The first kappa shape index (κ1) is 14.6. The minimum Gasteiger partial charge on any atom is -0.497 e. The molecule has 1 aromatic heterocycles. The number of ether oxygens (including phenoxy) is 1. The predicted molar refractivity (Wildman–Crippen MR) is 78.2 cm³/mol. The topological polar surface area (TPSA) is 21.3 Å².